The number of nitrogens with zero attached hydrogens (tertiary/aromatic N) is 1. The Hall–Kier alpha value is -2.86. The Bertz CT molecular complexity index is 963. The smallest absolute Gasteiger partial charge is 0.347 e. The molecule has 0 atom stereocenters. The summed E-state index contributed by atoms with van der Waals surface area (Å²) in [5.41, 5.74) is 3.95. The van der Waals surface area contributed by atoms with Crippen molar-refractivity contribution in [1.29, 1.82) is 0 Å². The van der Waals surface area contributed by atoms with Gasteiger partial charge >= 0.3 is 5.97 Å². The molecule has 3 aromatic rings. The van der Waals surface area contributed by atoms with Gasteiger partial charge in [-0.15, -0.1) is 11.3 Å². The zero-order chi connectivity index (χ0) is 20.1. The van der Waals surface area contributed by atoms with Crippen molar-refractivity contribution in [2.45, 2.75) is 27.2 Å². The molecule has 0 amide bonds. The molecule has 0 aliphatic carbocycles. The molecular formula is C22H23NO4S. The zero-order valence-corrected chi connectivity index (χ0v) is 17.0. The minimum Gasteiger partial charge on any atom is -0.490 e. The van der Waals surface area contributed by atoms with Gasteiger partial charge in [-0.25, -0.2) is 9.78 Å². The molecule has 28 heavy (non-hydrogen) atoms. The number of benzene rings is 2. The number of thiazole rings is 1. The van der Waals surface area contributed by atoms with Crippen molar-refractivity contribution in [3.8, 4) is 22.1 Å². The number of aryl methyl sites for hydroxylation is 3. The Morgan fingerprint density at radius 2 is 1.64 bits per heavy atom. The predicted molar refractivity (Wildman–Crippen MR) is 111 cm³/mol. The summed E-state index contributed by atoms with van der Waals surface area (Å²) < 4.78 is 11.4. The van der Waals surface area contributed by atoms with Crippen LogP contribution in [0.15, 0.2) is 42.5 Å². The van der Waals surface area contributed by atoms with Gasteiger partial charge in [0.25, 0.3) is 0 Å². The summed E-state index contributed by atoms with van der Waals surface area (Å²) in [7, 11) is 0. The quantitative estimate of drug-likeness (QED) is 0.533. The molecule has 0 bridgehead atoms. The average molecular weight is 397 g/mol. The first-order valence-electron chi connectivity index (χ1n) is 9.14. The number of rotatable bonds is 8. The highest BCUT2D eigenvalue weighted by molar-refractivity contribution is 7.17. The second-order valence-electron chi connectivity index (χ2n) is 6.42. The van der Waals surface area contributed by atoms with Crippen LogP contribution in [0.2, 0.25) is 0 Å². The normalized spacial score (nSPS) is 10.7. The first kappa shape index (κ1) is 19.9. The van der Waals surface area contributed by atoms with Crippen LogP contribution in [0, 0.1) is 13.8 Å². The van der Waals surface area contributed by atoms with E-state index in [2.05, 4.69) is 18.8 Å². The monoisotopic (exact) mass is 397 g/mol. The summed E-state index contributed by atoms with van der Waals surface area (Å²) in [6, 6.07) is 13.5. The van der Waals surface area contributed by atoms with Gasteiger partial charge < -0.3 is 14.6 Å². The Kier molecular flexibility index (Phi) is 6.31. The molecule has 1 N–H and O–H groups in total. The molecule has 1 aromatic heterocycles. The molecule has 1 heterocycles. The summed E-state index contributed by atoms with van der Waals surface area (Å²) in [4.78, 5) is 16.1. The zero-order valence-electron chi connectivity index (χ0n) is 16.2. The molecular weight excluding hydrogens is 374 g/mol. The molecule has 0 fully saturated rings. The third kappa shape index (κ3) is 4.70. The van der Waals surface area contributed by atoms with Gasteiger partial charge in [-0.2, -0.15) is 0 Å². The Labute approximate surface area is 168 Å². The van der Waals surface area contributed by atoms with Crippen molar-refractivity contribution in [3.05, 3.63) is 64.2 Å². The van der Waals surface area contributed by atoms with Crippen molar-refractivity contribution in [2.24, 2.45) is 0 Å². The minimum atomic E-state index is -0.927. The lowest BCUT2D eigenvalue weighted by molar-refractivity contribution is 0.0701. The summed E-state index contributed by atoms with van der Waals surface area (Å²) >= 11 is 1.20. The van der Waals surface area contributed by atoms with Crippen LogP contribution in [-0.2, 0) is 6.42 Å². The van der Waals surface area contributed by atoms with Crippen LogP contribution in [0.4, 0.5) is 0 Å². The van der Waals surface area contributed by atoms with E-state index < -0.39 is 5.97 Å². The van der Waals surface area contributed by atoms with Crippen molar-refractivity contribution >= 4 is 17.3 Å². The number of aromatic nitrogens is 1. The highest BCUT2D eigenvalue weighted by Gasteiger charge is 2.16. The van der Waals surface area contributed by atoms with Crippen LogP contribution in [-0.4, -0.2) is 29.3 Å². The Morgan fingerprint density at radius 1 is 1.00 bits per heavy atom. The summed E-state index contributed by atoms with van der Waals surface area (Å²) in [5.74, 6) is 0.647. The molecule has 0 aliphatic rings. The van der Waals surface area contributed by atoms with E-state index in [4.69, 9.17) is 9.47 Å². The van der Waals surface area contributed by atoms with Crippen LogP contribution in [0.25, 0.3) is 10.6 Å². The average Bonchev–Trinajstić information content (AvgIpc) is 3.13. The fourth-order valence-corrected chi connectivity index (χ4v) is 3.70. The molecule has 2 aromatic carbocycles. The van der Waals surface area contributed by atoms with Crippen LogP contribution in [0.3, 0.4) is 0 Å². The van der Waals surface area contributed by atoms with Crippen molar-refractivity contribution < 1.29 is 19.4 Å². The number of hydrogen-bond donors (Lipinski definition) is 1. The first-order valence-corrected chi connectivity index (χ1v) is 9.96. The lowest BCUT2D eigenvalue weighted by Crippen LogP contribution is -2.09. The maximum atomic E-state index is 11.3. The maximum Gasteiger partial charge on any atom is 0.347 e. The highest BCUT2D eigenvalue weighted by atomic mass is 32.1. The van der Waals surface area contributed by atoms with E-state index in [1.54, 1.807) is 0 Å². The summed E-state index contributed by atoms with van der Waals surface area (Å²) in [6.45, 7) is 6.93. The minimum absolute atomic E-state index is 0.307. The number of ether oxygens (including phenoxy) is 2. The van der Waals surface area contributed by atoms with Gasteiger partial charge in [-0.05, 0) is 67.8 Å². The van der Waals surface area contributed by atoms with Crippen molar-refractivity contribution in [1.82, 2.24) is 4.98 Å². The molecule has 0 radical (unpaired) electrons. The second kappa shape index (κ2) is 8.89. The molecule has 5 nitrogen and oxygen atoms in total. The largest absolute Gasteiger partial charge is 0.490 e. The van der Waals surface area contributed by atoms with Gasteiger partial charge in [0.15, 0.2) is 0 Å². The number of carboxylic acids is 1. The van der Waals surface area contributed by atoms with E-state index in [1.165, 1.54) is 22.5 Å². The van der Waals surface area contributed by atoms with Gasteiger partial charge in [0, 0.05) is 5.56 Å². The van der Waals surface area contributed by atoms with E-state index in [-0.39, 0.29) is 0 Å². The lowest BCUT2D eigenvalue weighted by Gasteiger charge is -2.10. The molecule has 0 aliphatic heterocycles. The summed E-state index contributed by atoms with van der Waals surface area (Å²) in [5, 5.41) is 9.98. The van der Waals surface area contributed by atoms with E-state index >= 15 is 0 Å². The molecule has 3 rings (SSSR count). The van der Waals surface area contributed by atoms with Gasteiger partial charge in [-0.3, -0.25) is 0 Å². The number of carboxylic acid groups (broad SMARTS) is 1. The van der Waals surface area contributed by atoms with E-state index in [9.17, 15) is 9.90 Å². The molecule has 0 unspecified atom stereocenters. The third-order valence-electron chi connectivity index (χ3n) is 4.43. The summed E-state index contributed by atoms with van der Waals surface area (Å²) in [6.07, 6.45) is 0.597. The number of carbonyl (C=O) groups is 1. The van der Waals surface area contributed by atoms with Crippen molar-refractivity contribution in [3.63, 3.8) is 0 Å². The predicted octanol–water partition coefficient (Wildman–Crippen LogP) is 5.15. The van der Waals surface area contributed by atoms with Gasteiger partial charge in [0.1, 0.15) is 34.6 Å². The highest BCUT2D eigenvalue weighted by Crippen LogP contribution is 2.29. The van der Waals surface area contributed by atoms with Crippen LogP contribution in [0.5, 0.6) is 11.5 Å². The maximum absolute atomic E-state index is 11.3. The fraction of sp³-hybridized carbons (Fsp3) is 0.273. The lowest BCUT2D eigenvalue weighted by atomic mass is 10.1. The van der Waals surface area contributed by atoms with E-state index in [0.29, 0.717) is 35.2 Å². The molecule has 146 valence electrons. The van der Waals surface area contributed by atoms with Crippen LogP contribution < -0.4 is 9.47 Å². The van der Waals surface area contributed by atoms with E-state index in [0.717, 1.165) is 17.1 Å². The van der Waals surface area contributed by atoms with E-state index in [1.807, 2.05) is 49.4 Å². The Morgan fingerprint density at radius 3 is 2.21 bits per heavy atom. The second-order valence-corrected chi connectivity index (χ2v) is 7.42. The van der Waals surface area contributed by atoms with Gasteiger partial charge in [0.05, 0.1) is 5.69 Å². The molecule has 0 spiro atoms. The SMILES string of the molecule is CCc1nc(-c2ccc(OCCOc3ccc(C)c(C)c3)cc2)sc1C(=O)O. The topological polar surface area (TPSA) is 68.7 Å². The number of aromatic carboxylic acids is 1. The fourth-order valence-electron chi connectivity index (χ4n) is 2.70. The van der Waals surface area contributed by atoms with Crippen LogP contribution in [0.1, 0.15) is 33.4 Å². The molecule has 0 saturated carbocycles. The molecule has 0 saturated heterocycles. The molecule has 6 heteroatoms. The Balaban J connectivity index is 1.56. The first-order chi connectivity index (χ1) is 13.5. The van der Waals surface area contributed by atoms with Crippen molar-refractivity contribution in [2.75, 3.05) is 13.2 Å². The third-order valence-corrected chi connectivity index (χ3v) is 5.56. The number of hydrogen-bond acceptors (Lipinski definition) is 5. The van der Waals surface area contributed by atoms with Gasteiger partial charge in [-0.1, -0.05) is 13.0 Å². The standard InChI is InChI=1S/C22H23NO4S/c1-4-19-20(22(24)25)28-21(23-19)16-6-9-17(10-7-16)26-11-12-27-18-8-5-14(2)15(3)13-18/h5-10,13H,4,11-12H2,1-3H3,(H,24,25). The van der Waals surface area contributed by atoms with Gasteiger partial charge in [0.2, 0.25) is 0 Å². The van der Waals surface area contributed by atoms with Crippen LogP contribution >= 0.6 is 11.3 Å².